The minimum Gasteiger partial charge on any atom is -0.339 e. The lowest BCUT2D eigenvalue weighted by molar-refractivity contribution is 0.0495. The quantitative estimate of drug-likeness (QED) is 0.824. The number of pyridine rings is 1. The topological polar surface area (TPSA) is 65.2 Å². The fourth-order valence-electron chi connectivity index (χ4n) is 3.37. The number of rotatable bonds is 1. The number of hydrogen-bond acceptors (Lipinski definition) is 3. The van der Waals surface area contributed by atoms with E-state index in [4.69, 9.17) is 0 Å². The normalized spacial score (nSPS) is 20.9. The fraction of sp³-hybridized carbons (Fsp3) is 0.600. The van der Waals surface area contributed by atoms with E-state index in [-0.39, 0.29) is 23.9 Å². The Balaban J connectivity index is 0.00000161. The van der Waals surface area contributed by atoms with Gasteiger partial charge in [-0.1, -0.05) is 0 Å². The Morgan fingerprint density at radius 3 is 2.33 bits per heavy atom. The molecule has 1 aromatic heterocycles. The number of aromatic nitrogens is 1. The van der Waals surface area contributed by atoms with Crippen LogP contribution in [0.4, 0.5) is 0 Å². The van der Waals surface area contributed by atoms with Crippen molar-refractivity contribution in [1.29, 1.82) is 0 Å². The summed E-state index contributed by atoms with van der Waals surface area (Å²) in [6.45, 7) is 3.87. The Morgan fingerprint density at radius 1 is 1.10 bits per heavy atom. The lowest BCUT2D eigenvalue weighted by Gasteiger charge is -2.44. The van der Waals surface area contributed by atoms with Crippen LogP contribution in [0.15, 0.2) is 23.1 Å². The number of aromatic amines is 1. The summed E-state index contributed by atoms with van der Waals surface area (Å²) in [5.74, 6) is 0.0324. The van der Waals surface area contributed by atoms with Gasteiger partial charge in [-0.3, -0.25) is 9.59 Å². The number of halogens is 1. The third-order valence-corrected chi connectivity index (χ3v) is 4.81. The highest BCUT2D eigenvalue weighted by Gasteiger charge is 2.36. The highest BCUT2D eigenvalue weighted by Crippen LogP contribution is 2.39. The van der Waals surface area contributed by atoms with Gasteiger partial charge in [0, 0.05) is 25.4 Å². The van der Waals surface area contributed by atoms with E-state index >= 15 is 0 Å². The summed E-state index contributed by atoms with van der Waals surface area (Å²) in [7, 11) is 0. The smallest absolute Gasteiger partial charge is 0.255 e. The highest BCUT2D eigenvalue weighted by atomic mass is 35.5. The van der Waals surface area contributed by atoms with Crippen molar-refractivity contribution in [3.05, 3.63) is 34.2 Å². The summed E-state index contributed by atoms with van der Waals surface area (Å²) >= 11 is 0. The molecule has 2 fully saturated rings. The first-order chi connectivity index (χ1) is 9.69. The molecule has 116 valence electrons. The van der Waals surface area contributed by atoms with Gasteiger partial charge in [0.05, 0.1) is 5.56 Å². The van der Waals surface area contributed by atoms with Crippen molar-refractivity contribution in [3.63, 3.8) is 0 Å². The summed E-state index contributed by atoms with van der Waals surface area (Å²) in [5.41, 5.74) is 0.854. The van der Waals surface area contributed by atoms with Gasteiger partial charge in [-0.25, -0.2) is 0 Å². The number of carbonyl (C=O) groups is 1. The Bertz CT molecular complexity index is 522. The lowest BCUT2D eigenvalue weighted by Crippen LogP contribution is -2.47. The molecule has 0 saturated carbocycles. The van der Waals surface area contributed by atoms with E-state index in [1.807, 2.05) is 4.90 Å². The molecule has 2 aliphatic heterocycles. The van der Waals surface area contributed by atoms with Crippen molar-refractivity contribution in [1.82, 2.24) is 15.2 Å². The molecule has 6 heteroatoms. The number of likely N-dealkylation sites (tertiary alicyclic amines) is 1. The van der Waals surface area contributed by atoms with Gasteiger partial charge in [0.1, 0.15) is 0 Å². The van der Waals surface area contributed by atoms with Gasteiger partial charge >= 0.3 is 0 Å². The van der Waals surface area contributed by atoms with Crippen LogP contribution in [0.1, 0.15) is 36.0 Å². The van der Waals surface area contributed by atoms with Gasteiger partial charge in [0.2, 0.25) is 5.56 Å². The maximum atomic E-state index is 12.4. The van der Waals surface area contributed by atoms with Crippen LogP contribution in [-0.4, -0.2) is 42.0 Å². The third kappa shape index (κ3) is 3.47. The van der Waals surface area contributed by atoms with E-state index in [1.165, 1.54) is 25.1 Å². The molecular formula is C15H22ClN3O2. The molecule has 5 nitrogen and oxygen atoms in total. The van der Waals surface area contributed by atoms with E-state index in [2.05, 4.69) is 10.3 Å². The average Bonchev–Trinajstić information content (AvgIpc) is 2.49. The van der Waals surface area contributed by atoms with E-state index in [0.717, 1.165) is 39.0 Å². The first-order valence-electron chi connectivity index (χ1n) is 7.37. The van der Waals surface area contributed by atoms with Gasteiger partial charge in [-0.05, 0) is 50.3 Å². The minimum atomic E-state index is -0.172. The molecule has 3 heterocycles. The molecule has 1 aromatic rings. The maximum absolute atomic E-state index is 12.4. The first-order valence-corrected chi connectivity index (χ1v) is 7.37. The monoisotopic (exact) mass is 311 g/mol. The summed E-state index contributed by atoms with van der Waals surface area (Å²) in [6, 6.07) is 3.02. The zero-order chi connectivity index (χ0) is 14.0. The Kier molecular flexibility index (Phi) is 5.06. The predicted molar refractivity (Wildman–Crippen MR) is 84.0 cm³/mol. The third-order valence-electron chi connectivity index (χ3n) is 4.81. The minimum absolute atomic E-state index is 0. The largest absolute Gasteiger partial charge is 0.339 e. The Morgan fingerprint density at radius 2 is 1.76 bits per heavy atom. The second kappa shape index (κ2) is 6.62. The fourth-order valence-corrected chi connectivity index (χ4v) is 3.37. The summed E-state index contributed by atoms with van der Waals surface area (Å²) in [4.78, 5) is 27.9. The summed E-state index contributed by atoms with van der Waals surface area (Å²) in [6.07, 6.45) is 6.18. The van der Waals surface area contributed by atoms with Crippen molar-refractivity contribution >= 4 is 18.3 Å². The van der Waals surface area contributed by atoms with Gasteiger partial charge < -0.3 is 15.2 Å². The second-order valence-corrected chi connectivity index (χ2v) is 5.98. The molecule has 0 aromatic carbocycles. The molecule has 3 rings (SSSR count). The molecule has 21 heavy (non-hydrogen) atoms. The highest BCUT2D eigenvalue weighted by molar-refractivity contribution is 5.93. The molecule has 0 radical (unpaired) electrons. The Labute approximate surface area is 130 Å². The number of hydrogen-bond donors (Lipinski definition) is 2. The predicted octanol–water partition coefficient (Wildman–Crippen LogP) is 1.40. The van der Waals surface area contributed by atoms with E-state index in [1.54, 1.807) is 6.07 Å². The molecule has 0 unspecified atom stereocenters. The lowest BCUT2D eigenvalue weighted by atomic mass is 9.71. The molecular weight excluding hydrogens is 290 g/mol. The van der Waals surface area contributed by atoms with Crippen molar-refractivity contribution in [2.75, 3.05) is 26.2 Å². The number of piperidine rings is 2. The molecule has 2 aliphatic rings. The molecule has 1 spiro atoms. The van der Waals surface area contributed by atoms with Crippen LogP contribution in [0.3, 0.4) is 0 Å². The van der Waals surface area contributed by atoms with Gasteiger partial charge in [0.15, 0.2) is 0 Å². The van der Waals surface area contributed by atoms with Crippen LogP contribution in [0.2, 0.25) is 0 Å². The van der Waals surface area contributed by atoms with Gasteiger partial charge in [0.25, 0.3) is 5.91 Å². The van der Waals surface area contributed by atoms with Crippen LogP contribution < -0.4 is 10.9 Å². The van der Waals surface area contributed by atoms with Crippen molar-refractivity contribution < 1.29 is 4.79 Å². The number of carbonyl (C=O) groups excluding carboxylic acids is 1. The van der Waals surface area contributed by atoms with Crippen LogP contribution >= 0.6 is 12.4 Å². The SMILES string of the molecule is Cl.O=C(c1ccc(=O)[nH]c1)N1CCC2(CCNCC2)CC1. The van der Waals surface area contributed by atoms with Crippen molar-refractivity contribution in [2.24, 2.45) is 5.41 Å². The second-order valence-electron chi connectivity index (χ2n) is 5.98. The molecule has 0 atom stereocenters. The molecule has 1 amide bonds. The van der Waals surface area contributed by atoms with Crippen LogP contribution in [0.25, 0.3) is 0 Å². The number of nitrogens with zero attached hydrogens (tertiary/aromatic N) is 1. The zero-order valence-electron chi connectivity index (χ0n) is 12.1. The van der Waals surface area contributed by atoms with Crippen molar-refractivity contribution in [2.45, 2.75) is 25.7 Å². The van der Waals surface area contributed by atoms with E-state index in [0.29, 0.717) is 11.0 Å². The molecule has 2 saturated heterocycles. The van der Waals surface area contributed by atoms with E-state index < -0.39 is 0 Å². The summed E-state index contributed by atoms with van der Waals surface area (Å²) < 4.78 is 0. The van der Waals surface area contributed by atoms with Crippen LogP contribution in [0, 0.1) is 5.41 Å². The molecule has 0 aliphatic carbocycles. The van der Waals surface area contributed by atoms with Crippen molar-refractivity contribution in [3.8, 4) is 0 Å². The number of H-pyrrole nitrogens is 1. The van der Waals surface area contributed by atoms with Gasteiger partial charge in [-0.15, -0.1) is 12.4 Å². The standard InChI is InChI=1S/C15H21N3O2.ClH/c19-13-2-1-12(11-17-13)14(20)18-9-5-15(6-10-18)3-7-16-8-4-15;/h1-2,11,16H,3-10H2,(H,17,19);1H. The van der Waals surface area contributed by atoms with Crippen LogP contribution in [-0.2, 0) is 0 Å². The maximum Gasteiger partial charge on any atom is 0.255 e. The first kappa shape index (κ1) is 16.0. The van der Waals surface area contributed by atoms with Crippen LogP contribution in [0.5, 0.6) is 0 Å². The molecule has 2 N–H and O–H groups in total. The zero-order valence-corrected chi connectivity index (χ0v) is 12.9. The van der Waals surface area contributed by atoms with Gasteiger partial charge in [-0.2, -0.15) is 0 Å². The average molecular weight is 312 g/mol. The number of amides is 1. The van der Waals surface area contributed by atoms with E-state index in [9.17, 15) is 9.59 Å². The summed E-state index contributed by atoms with van der Waals surface area (Å²) in [5, 5.41) is 3.41. The Hall–Kier alpha value is -1.33. The number of nitrogens with one attached hydrogen (secondary N) is 2. The molecule has 0 bridgehead atoms.